The fourth-order valence-corrected chi connectivity index (χ4v) is 2.16. The summed E-state index contributed by atoms with van der Waals surface area (Å²) in [4.78, 5) is 22.9. The van der Waals surface area contributed by atoms with E-state index >= 15 is 0 Å². The lowest BCUT2D eigenvalue weighted by Gasteiger charge is -2.19. The van der Waals surface area contributed by atoms with Crippen molar-refractivity contribution in [3.8, 4) is 17.2 Å². The van der Waals surface area contributed by atoms with E-state index in [9.17, 15) is 19.1 Å². The molecule has 0 aliphatic rings. The van der Waals surface area contributed by atoms with Gasteiger partial charge in [0.05, 0.1) is 19.3 Å². The van der Waals surface area contributed by atoms with Gasteiger partial charge in [0.2, 0.25) is 0 Å². The Balaban J connectivity index is 2.19. The van der Waals surface area contributed by atoms with Crippen molar-refractivity contribution in [2.24, 2.45) is 0 Å². The van der Waals surface area contributed by atoms with E-state index in [0.29, 0.717) is 11.5 Å². The Morgan fingerprint density at radius 2 is 1.82 bits per heavy atom. The van der Waals surface area contributed by atoms with Gasteiger partial charge in [-0.15, -0.1) is 0 Å². The van der Waals surface area contributed by atoms with Gasteiger partial charge in [0.15, 0.2) is 22.8 Å². The molecule has 0 aliphatic carbocycles. The Hall–Kier alpha value is -3.33. The number of urea groups is 1. The van der Waals surface area contributed by atoms with Crippen LogP contribution in [0.4, 0.5) is 14.9 Å². The zero-order valence-electron chi connectivity index (χ0n) is 15.6. The first-order valence-electron chi connectivity index (χ1n) is 8.25. The van der Waals surface area contributed by atoms with Gasteiger partial charge < -0.3 is 30.3 Å². The summed E-state index contributed by atoms with van der Waals surface area (Å²) >= 11 is 0. The summed E-state index contributed by atoms with van der Waals surface area (Å²) in [5.41, 5.74) is -1.19. The minimum absolute atomic E-state index is 0.00935. The van der Waals surface area contributed by atoms with Crippen LogP contribution in [0.2, 0.25) is 0 Å². The van der Waals surface area contributed by atoms with Crippen LogP contribution in [0, 0.1) is 12.7 Å². The Morgan fingerprint density at radius 3 is 2.46 bits per heavy atom. The van der Waals surface area contributed by atoms with Gasteiger partial charge in [-0.3, -0.25) is 0 Å². The molecule has 1 atom stereocenters. The van der Waals surface area contributed by atoms with Crippen molar-refractivity contribution in [3.05, 3.63) is 47.8 Å². The number of halogens is 1. The van der Waals surface area contributed by atoms with Crippen molar-refractivity contribution in [1.29, 1.82) is 0 Å². The second-order valence-corrected chi connectivity index (χ2v) is 6.28. The molecule has 2 aromatic rings. The Morgan fingerprint density at radius 1 is 1.14 bits per heavy atom. The monoisotopic (exact) mass is 392 g/mol. The number of methoxy groups -OCH3 is 1. The number of hydrogen-bond acceptors (Lipinski definition) is 5. The van der Waals surface area contributed by atoms with Gasteiger partial charge in [-0.2, -0.15) is 0 Å². The molecule has 0 saturated carbocycles. The molecule has 4 N–H and O–H groups in total. The number of nitrogens with one attached hydrogen (secondary N) is 2. The maximum absolute atomic E-state index is 13.6. The summed E-state index contributed by atoms with van der Waals surface area (Å²) in [5.74, 6) is -1.15. The first-order chi connectivity index (χ1) is 13.1. The maximum Gasteiger partial charge on any atom is 0.337 e. The smallest absolute Gasteiger partial charge is 0.337 e. The molecule has 28 heavy (non-hydrogen) atoms. The van der Waals surface area contributed by atoms with Gasteiger partial charge in [-0.05, 0) is 43.7 Å². The minimum atomic E-state index is -2.14. The molecule has 0 aliphatic heterocycles. The predicted octanol–water partition coefficient (Wildman–Crippen LogP) is 2.89. The molecule has 8 nitrogen and oxygen atoms in total. The fraction of sp³-hybridized carbons (Fsp3) is 0.263. The molecule has 0 radical (unpaired) electrons. The number of benzene rings is 2. The first-order valence-corrected chi connectivity index (χ1v) is 8.25. The fourth-order valence-electron chi connectivity index (χ4n) is 2.16. The Kier molecular flexibility index (Phi) is 6.42. The molecule has 2 amide bonds. The summed E-state index contributed by atoms with van der Waals surface area (Å²) in [6, 6.07) is 7.93. The molecule has 1 unspecified atom stereocenters. The molecule has 0 bridgehead atoms. The number of anilines is 1. The van der Waals surface area contributed by atoms with Crippen LogP contribution in [-0.4, -0.2) is 41.5 Å². The summed E-state index contributed by atoms with van der Waals surface area (Å²) in [7, 11) is 1.48. The number of aryl methyl sites for hydroxylation is 1. The molecular weight excluding hydrogens is 371 g/mol. The zero-order chi connectivity index (χ0) is 20.9. The number of carbonyl (C=O) groups excluding carboxylic acids is 1. The highest BCUT2D eigenvalue weighted by Gasteiger charge is 2.30. The number of amides is 2. The number of carbonyl (C=O) groups is 2. The first kappa shape index (κ1) is 21.0. The van der Waals surface area contributed by atoms with Crippen LogP contribution in [0.3, 0.4) is 0 Å². The Labute approximate surface area is 160 Å². The molecule has 0 saturated heterocycles. The minimum Gasteiger partial charge on any atom is -0.493 e. The number of carboxylic acid groups (broad SMARTS) is 1. The molecule has 0 spiro atoms. The normalized spacial score (nSPS) is 12.6. The van der Waals surface area contributed by atoms with Gasteiger partial charge in [0, 0.05) is 6.07 Å². The molecule has 0 heterocycles. The van der Waals surface area contributed by atoms with Crippen LogP contribution < -0.4 is 20.1 Å². The second kappa shape index (κ2) is 8.57. The van der Waals surface area contributed by atoms with E-state index in [4.69, 9.17) is 14.6 Å². The maximum atomic E-state index is 13.6. The molecular formula is C19H21FN2O6. The lowest BCUT2D eigenvalue weighted by Crippen LogP contribution is -2.47. The van der Waals surface area contributed by atoms with Crippen LogP contribution >= 0.6 is 0 Å². The van der Waals surface area contributed by atoms with Crippen molar-refractivity contribution in [3.63, 3.8) is 0 Å². The summed E-state index contributed by atoms with van der Waals surface area (Å²) < 4.78 is 24.7. The van der Waals surface area contributed by atoms with Crippen LogP contribution in [0.25, 0.3) is 0 Å². The molecule has 150 valence electrons. The van der Waals surface area contributed by atoms with E-state index in [1.165, 1.54) is 13.2 Å². The number of carboxylic acids is 1. The van der Waals surface area contributed by atoms with Crippen LogP contribution in [0.1, 0.15) is 12.5 Å². The zero-order valence-corrected chi connectivity index (χ0v) is 15.6. The molecule has 0 aromatic heterocycles. The predicted molar refractivity (Wildman–Crippen MR) is 99.5 cm³/mol. The number of aliphatic hydroxyl groups is 1. The number of ether oxygens (including phenoxy) is 2. The van der Waals surface area contributed by atoms with E-state index < -0.39 is 30.0 Å². The summed E-state index contributed by atoms with van der Waals surface area (Å²) in [6.45, 7) is 2.37. The van der Waals surface area contributed by atoms with Crippen molar-refractivity contribution in [1.82, 2.24) is 5.32 Å². The van der Waals surface area contributed by atoms with Crippen LogP contribution in [0.5, 0.6) is 17.2 Å². The molecule has 2 aromatic carbocycles. The lowest BCUT2D eigenvalue weighted by molar-refractivity contribution is -0.155. The van der Waals surface area contributed by atoms with E-state index in [-0.39, 0.29) is 11.4 Å². The van der Waals surface area contributed by atoms with E-state index in [0.717, 1.165) is 24.6 Å². The standard InChI is InChI=1S/C19H21FN2O6/c1-11-4-6-15(16(8-11)27-3)28-14-7-5-12(20)9-13(14)22-18(25)21-10-19(2,26)17(23)24/h4-9,26H,10H2,1-3H3,(H,23,24)(H2,21,22,25). The number of hydrogen-bond donors (Lipinski definition) is 4. The number of rotatable bonds is 7. The highest BCUT2D eigenvalue weighted by Crippen LogP contribution is 2.36. The third-order valence-electron chi connectivity index (χ3n) is 3.78. The summed E-state index contributed by atoms with van der Waals surface area (Å²) in [6.07, 6.45) is 0. The second-order valence-electron chi connectivity index (χ2n) is 6.28. The third-order valence-corrected chi connectivity index (χ3v) is 3.78. The largest absolute Gasteiger partial charge is 0.493 e. The van der Waals surface area contributed by atoms with E-state index in [1.54, 1.807) is 18.2 Å². The highest BCUT2D eigenvalue weighted by atomic mass is 19.1. The highest BCUT2D eigenvalue weighted by molar-refractivity contribution is 5.91. The van der Waals surface area contributed by atoms with Crippen molar-refractivity contribution >= 4 is 17.7 Å². The van der Waals surface area contributed by atoms with Gasteiger partial charge in [0.25, 0.3) is 0 Å². The topological polar surface area (TPSA) is 117 Å². The van der Waals surface area contributed by atoms with Gasteiger partial charge >= 0.3 is 12.0 Å². The van der Waals surface area contributed by atoms with Crippen molar-refractivity contribution in [2.75, 3.05) is 19.0 Å². The quantitative estimate of drug-likeness (QED) is 0.576. The van der Waals surface area contributed by atoms with Crippen LogP contribution in [0.15, 0.2) is 36.4 Å². The number of aliphatic carboxylic acids is 1. The Bertz CT molecular complexity index is 885. The lowest BCUT2D eigenvalue weighted by atomic mass is 10.1. The molecule has 2 rings (SSSR count). The van der Waals surface area contributed by atoms with Gasteiger partial charge in [-0.1, -0.05) is 6.07 Å². The van der Waals surface area contributed by atoms with Crippen LogP contribution in [-0.2, 0) is 4.79 Å². The third kappa shape index (κ3) is 5.34. The average molecular weight is 392 g/mol. The molecule has 0 fully saturated rings. The molecule has 9 heteroatoms. The average Bonchev–Trinajstić information content (AvgIpc) is 2.63. The van der Waals surface area contributed by atoms with E-state index in [1.807, 2.05) is 6.92 Å². The SMILES string of the molecule is COc1cc(C)ccc1Oc1ccc(F)cc1NC(=O)NCC(C)(O)C(=O)O. The van der Waals surface area contributed by atoms with Gasteiger partial charge in [0.1, 0.15) is 5.82 Å². The summed E-state index contributed by atoms with van der Waals surface area (Å²) in [5, 5.41) is 23.1. The van der Waals surface area contributed by atoms with Crippen molar-refractivity contribution < 1.29 is 33.7 Å². The van der Waals surface area contributed by atoms with Crippen molar-refractivity contribution in [2.45, 2.75) is 19.4 Å². The van der Waals surface area contributed by atoms with E-state index in [2.05, 4.69) is 10.6 Å². The van der Waals surface area contributed by atoms with Gasteiger partial charge in [-0.25, -0.2) is 14.0 Å².